The average Bonchev–Trinajstić information content (AvgIpc) is 2.27. The van der Waals surface area contributed by atoms with Gasteiger partial charge in [-0.1, -0.05) is 18.5 Å². The second-order valence-corrected chi connectivity index (χ2v) is 4.84. The smallest absolute Gasteiger partial charge is 0.137 e. The Morgan fingerprint density at radius 3 is 2.59 bits per heavy atom. The number of ether oxygens (including phenoxy) is 1. The van der Waals surface area contributed by atoms with Gasteiger partial charge in [-0.2, -0.15) is 0 Å². The van der Waals surface area contributed by atoms with E-state index >= 15 is 0 Å². The molecule has 0 unspecified atom stereocenters. The number of anilines is 1. The Hall–Kier alpha value is -0.870. The first-order chi connectivity index (χ1) is 8.11. The molecule has 4 nitrogen and oxygen atoms in total. The van der Waals surface area contributed by atoms with Gasteiger partial charge >= 0.3 is 0 Å². The van der Waals surface area contributed by atoms with E-state index in [0.717, 1.165) is 30.9 Å². The molecule has 0 radical (unpaired) electrons. The summed E-state index contributed by atoms with van der Waals surface area (Å²) >= 11 is 6.11. The van der Waals surface area contributed by atoms with Gasteiger partial charge in [-0.3, -0.25) is 0 Å². The van der Waals surface area contributed by atoms with Crippen molar-refractivity contribution in [3.05, 3.63) is 17.0 Å². The molecule has 0 bridgehead atoms. The van der Waals surface area contributed by atoms with Crippen LogP contribution in [0.25, 0.3) is 0 Å². The molecule has 1 aliphatic heterocycles. The highest BCUT2D eigenvalue weighted by molar-refractivity contribution is 6.30. The van der Waals surface area contributed by atoms with Crippen LogP contribution in [0.3, 0.4) is 0 Å². The maximum atomic E-state index is 6.11. The zero-order chi connectivity index (χ0) is 12.4. The van der Waals surface area contributed by atoms with Crippen LogP contribution in [0.1, 0.15) is 26.3 Å². The summed E-state index contributed by atoms with van der Waals surface area (Å²) in [6, 6.07) is 0. The lowest BCUT2D eigenvalue weighted by Gasteiger charge is -2.36. The summed E-state index contributed by atoms with van der Waals surface area (Å²) in [5, 5.41) is 0.560. The zero-order valence-corrected chi connectivity index (χ0v) is 11.2. The number of rotatable bonds is 2. The maximum Gasteiger partial charge on any atom is 0.137 e. The Labute approximate surface area is 107 Å². The normalized spacial score (nSPS) is 25.1. The summed E-state index contributed by atoms with van der Waals surface area (Å²) in [6.45, 7) is 7.94. The van der Waals surface area contributed by atoms with Crippen molar-refractivity contribution < 1.29 is 4.74 Å². The molecule has 1 saturated heterocycles. The summed E-state index contributed by atoms with van der Waals surface area (Å²) in [4.78, 5) is 10.7. The topological polar surface area (TPSA) is 38.2 Å². The molecule has 1 aliphatic rings. The lowest BCUT2D eigenvalue weighted by atomic mass is 10.2. The van der Waals surface area contributed by atoms with Crippen molar-refractivity contribution in [3.8, 4) is 0 Å². The minimum atomic E-state index is 0.220. The van der Waals surface area contributed by atoms with E-state index < -0.39 is 0 Å². The standard InChI is InChI=1S/C12H18ClN3O/c1-4-10-11(13)14-7-15-12(10)16-5-8(2)17-9(3)6-16/h7-9H,4-6H2,1-3H3/t8-,9+. The van der Waals surface area contributed by atoms with Crippen LogP contribution in [0, 0.1) is 0 Å². The quantitative estimate of drug-likeness (QED) is 0.760. The molecule has 17 heavy (non-hydrogen) atoms. The van der Waals surface area contributed by atoms with Gasteiger partial charge in [0, 0.05) is 18.7 Å². The van der Waals surface area contributed by atoms with E-state index in [-0.39, 0.29) is 12.2 Å². The van der Waals surface area contributed by atoms with Crippen LogP contribution in [0.15, 0.2) is 6.33 Å². The monoisotopic (exact) mass is 255 g/mol. The molecular weight excluding hydrogens is 238 g/mol. The summed E-state index contributed by atoms with van der Waals surface area (Å²) < 4.78 is 5.72. The van der Waals surface area contributed by atoms with Gasteiger partial charge in [-0.25, -0.2) is 9.97 Å². The Morgan fingerprint density at radius 1 is 1.35 bits per heavy atom. The highest BCUT2D eigenvalue weighted by atomic mass is 35.5. The Balaban J connectivity index is 2.30. The van der Waals surface area contributed by atoms with Crippen molar-refractivity contribution in [2.75, 3.05) is 18.0 Å². The lowest BCUT2D eigenvalue weighted by molar-refractivity contribution is -0.00551. The van der Waals surface area contributed by atoms with Crippen LogP contribution in [-0.4, -0.2) is 35.3 Å². The van der Waals surface area contributed by atoms with E-state index in [2.05, 4.69) is 35.6 Å². The number of nitrogens with zero attached hydrogens (tertiary/aromatic N) is 3. The summed E-state index contributed by atoms with van der Waals surface area (Å²) in [7, 11) is 0. The number of aromatic nitrogens is 2. The van der Waals surface area contributed by atoms with Gasteiger partial charge in [0.1, 0.15) is 17.3 Å². The number of halogens is 1. The minimum absolute atomic E-state index is 0.220. The van der Waals surface area contributed by atoms with E-state index in [1.165, 1.54) is 6.33 Å². The van der Waals surface area contributed by atoms with Crippen LogP contribution in [0.4, 0.5) is 5.82 Å². The van der Waals surface area contributed by atoms with Gasteiger partial charge in [0.15, 0.2) is 0 Å². The Morgan fingerprint density at radius 2 is 2.00 bits per heavy atom. The molecule has 0 spiro atoms. The highest BCUT2D eigenvalue weighted by Gasteiger charge is 2.25. The molecule has 2 heterocycles. The molecule has 0 amide bonds. The average molecular weight is 256 g/mol. The lowest BCUT2D eigenvalue weighted by Crippen LogP contribution is -2.46. The van der Waals surface area contributed by atoms with Crippen LogP contribution in [0.2, 0.25) is 5.15 Å². The molecule has 0 aliphatic carbocycles. The van der Waals surface area contributed by atoms with Gasteiger partial charge in [-0.15, -0.1) is 0 Å². The van der Waals surface area contributed by atoms with Crippen molar-refractivity contribution >= 4 is 17.4 Å². The second-order valence-electron chi connectivity index (χ2n) is 4.48. The van der Waals surface area contributed by atoms with Gasteiger partial charge in [0.25, 0.3) is 0 Å². The fourth-order valence-corrected chi connectivity index (χ4v) is 2.57. The largest absolute Gasteiger partial charge is 0.372 e. The summed E-state index contributed by atoms with van der Waals surface area (Å²) in [5.74, 6) is 0.953. The minimum Gasteiger partial charge on any atom is -0.372 e. The van der Waals surface area contributed by atoms with Gasteiger partial charge in [0.05, 0.1) is 12.2 Å². The van der Waals surface area contributed by atoms with E-state index in [9.17, 15) is 0 Å². The Kier molecular flexibility index (Phi) is 3.84. The van der Waals surface area contributed by atoms with Gasteiger partial charge in [0.2, 0.25) is 0 Å². The fourth-order valence-electron chi connectivity index (χ4n) is 2.31. The van der Waals surface area contributed by atoms with Crippen LogP contribution in [0.5, 0.6) is 0 Å². The SMILES string of the molecule is CCc1c(Cl)ncnc1N1C[C@@H](C)O[C@@H](C)C1. The summed E-state index contributed by atoms with van der Waals surface area (Å²) in [6.07, 6.45) is 2.81. The molecule has 2 atom stereocenters. The number of hydrogen-bond donors (Lipinski definition) is 0. The van der Waals surface area contributed by atoms with Crippen molar-refractivity contribution in [1.82, 2.24) is 9.97 Å². The third-order valence-corrected chi connectivity index (χ3v) is 3.27. The predicted octanol–water partition coefficient (Wildman–Crippen LogP) is 2.31. The molecule has 0 saturated carbocycles. The molecule has 0 aromatic carbocycles. The molecule has 1 aromatic heterocycles. The van der Waals surface area contributed by atoms with Crippen molar-refractivity contribution in [2.24, 2.45) is 0 Å². The molecule has 5 heteroatoms. The van der Waals surface area contributed by atoms with Crippen molar-refractivity contribution in [3.63, 3.8) is 0 Å². The Bertz CT molecular complexity index is 389. The van der Waals surface area contributed by atoms with E-state index in [1.807, 2.05) is 0 Å². The van der Waals surface area contributed by atoms with Crippen molar-refractivity contribution in [1.29, 1.82) is 0 Å². The third-order valence-electron chi connectivity index (χ3n) is 2.94. The summed E-state index contributed by atoms with van der Waals surface area (Å²) in [5.41, 5.74) is 1.02. The second kappa shape index (κ2) is 5.19. The van der Waals surface area contributed by atoms with E-state index in [1.54, 1.807) is 0 Å². The van der Waals surface area contributed by atoms with Crippen molar-refractivity contribution in [2.45, 2.75) is 39.4 Å². The molecule has 0 N–H and O–H groups in total. The first-order valence-electron chi connectivity index (χ1n) is 6.01. The molecule has 1 aromatic rings. The van der Waals surface area contributed by atoms with Crippen LogP contribution >= 0.6 is 11.6 Å². The van der Waals surface area contributed by atoms with Crippen LogP contribution in [-0.2, 0) is 11.2 Å². The molecule has 94 valence electrons. The van der Waals surface area contributed by atoms with E-state index in [0.29, 0.717) is 5.15 Å². The number of hydrogen-bond acceptors (Lipinski definition) is 4. The first-order valence-corrected chi connectivity index (χ1v) is 6.39. The predicted molar refractivity (Wildman–Crippen MR) is 68.6 cm³/mol. The fraction of sp³-hybridized carbons (Fsp3) is 0.667. The zero-order valence-electron chi connectivity index (χ0n) is 10.5. The molecule has 1 fully saturated rings. The first kappa shape index (κ1) is 12.6. The van der Waals surface area contributed by atoms with Gasteiger partial charge < -0.3 is 9.64 Å². The van der Waals surface area contributed by atoms with Crippen LogP contribution < -0.4 is 4.90 Å². The maximum absolute atomic E-state index is 6.11. The third kappa shape index (κ3) is 2.69. The van der Waals surface area contributed by atoms with E-state index in [4.69, 9.17) is 16.3 Å². The number of morpholine rings is 1. The molecule has 2 rings (SSSR count). The molecular formula is C12H18ClN3O. The van der Waals surface area contributed by atoms with Gasteiger partial charge in [-0.05, 0) is 20.3 Å². The highest BCUT2D eigenvalue weighted by Crippen LogP contribution is 2.26.